The van der Waals surface area contributed by atoms with Gasteiger partial charge in [0.2, 0.25) is 0 Å². The van der Waals surface area contributed by atoms with Crippen molar-refractivity contribution >= 4 is 11.8 Å². The van der Waals surface area contributed by atoms with E-state index >= 15 is 0 Å². The van der Waals surface area contributed by atoms with E-state index in [1.807, 2.05) is 13.0 Å². The lowest BCUT2D eigenvalue weighted by Gasteiger charge is -2.31. The molecule has 0 aliphatic carbocycles. The van der Waals surface area contributed by atoms with Crippen LogP contribution in [0.2, 0.25) is 0 Å². The summed E-state index contributed by atoms with van der Waals surface area (Å²) in [4.78, 5) is 0. The SMILES string of the molecule is C/C=C/OCC1(C)CCCCS1. The zero-order valence-corrected chi connectivity index (χ0v) is 8.82. The van der Waals surface area contributed by atoms with Crippen LogP contribution < -0.4 is 0 Å². The van der Waals surface area contributed by atoms with Crippen molar-refractivity contribution in [3.63, 3.8) is 0 Å². The van der Waals surface area contributed by atoms with Crippen molar-refractivity contribution < 1.29 is 4.74 Å². The largest absolute Gasteiger partial charge is 0.500 e. The van der Waals surface area contributed by atoms with Crippen LogP contribution in [0.1, 0.15) is 33.1 Å². The Labute approximate surface area is 79.6 Å². The van der Waals surface area contributed by atoms with Gasteiger partial charge in [0.15, 0.2) is 0 Å². The minimum absolute atomic E-state index is 0.373. The Balaban J connectivity index is 2.26. The third kappa shape index (κ3) is 3.10. The first-order valence-corrected chi connectivity index (χ1v) is 5.62. The predicted molar refractivity (Wildman–Crippen MR) is 55.5 cm³/mol. The van der Waals surface area contributed by atoms with Gasteiger partial charge in [-0.1, -0.05) is 12.5 Å². The molecular formula is C10H18OS. The maximum atomic E-state index is 5.42. The Morgan fingerprint density at radius 2 is 2.33 bits per heavy atom. The van der Waals surface area contributed by atoms with Crippen molar-refractivity contribution in [2.24, 2.45) is 0 Å². The summed E-state index contributed by atoms with van der Waals surface area (Å²) < 4.78 is 5.80. The molecular weight excluding hydrogens is 168 g/mol. The van der Waals surface area contributed by atoms with Crippen LogP contribution in [0.15, 0.2) is 12.3 Å². The Bertz CT molecular complexity index is 148. The van der Waals surface area contributed by atoms with Crippen molar-refractivity contribution in [1.29, 1.82) is 0 Å². The molecule has 0 aromatic carbocycles. The fourth-order valence-corrected chi connectivity index (χ4v) is 2.71. The molecule has 1 saturated heterocycles. The molecule has 1 aliphatic heterocycles. The van der Waals surface area contributed by atoms with E-state index in [9.17, 15) is 0 Å². The molecule has 0 N–H and O–H groups in total. The monoisotopic (exact) mass is 186 g/mol. The molecule has 0 bridgehead atoms. The third-order valence-corrected chi connectivity index (χ3v) is 3.68. The van der Waals surface area contributed by atoms with E-state index in [-0.39, 0.29) is 0 Å². The van der Waals surface area contributed by atoms with E-state index in [1.165, 1.54) is 25.0 Å². The fourth-order valence-electron chi connectivity index (χ4n) is 1.43. The molecule has 0 aromatic heterocycles. The van der Waals surface area contributed by atoms with Gasteiger partial charge in [-0.15, -0.1) is 0 Å². The molecule has 0 saturated carbocycles. The first kappa shape index (κ1) is 9.97. The lowest BCUT2D eigenvalue weighted by atomic mass is 10.0. The second kappa shape index (κ2) is 4.80. The van der Waals surface area contributed by atoms with Gasteiger partial charge in [-0.05, 0) is 32.4 Å². The molecule has 12 heavy (non-hydrogen) atoms. The van der Waals surface area contributed by atoms with Crippen LogP contribution in [0.4, 0.5) is 0 Å². The fraction of sp³-hybridized carbons (Fsp3) is 0.800. The Morgan fingerprint density at radius 3 is 2.92 bits per heavy atom. The van der Waals surface area contributed by atoms with Gasteiger partial charge < -0.3 is 4.74 Å². The van der Waals surface area contributed by atoms with Crippen molar-refractivity contribution in [3.8, 4) is 0 Å². The summed E-state index contributed by atoms with van der Waals surface area (Å²) in [5, 5.41) is 0. The van der Waals surface area contributed by atoms with E-state index in [1.54, 1.807) is 6.26 Å². The van der Waals surface area contributed by atoms with Crippen molar-refractivity contribution in [3.05, 3.63) is 12.3 Å². The van der Waals surface area contributed by atoms with Gasteiger partial charge in [0.25, 0.3) is 0 Å². The molecule has 1 rings (SSSR count). The van der Waals surface area contributed by atoms with Crippen LogP contribution >= 0.6 is 11.8 Å². The second-order valence-electron chi connectivity index (χ2n) is 3.54. The molecule has 1 heterocycles. The van der Waals surface area contributed by atoms with E-state index in [0.717, 1.165) is 6.61 Å². The third-order valence-electron chi connectivity index (χ3n) is 2.17. The highest BCUT2D eigenvalue weighted by Gasteiger charge is 2.27. The predicted octanol–water partition coefficient (Wildman–Crippen LogP) is 3.21. The second-order valence-corrected chi connectivity index (χ2v) is 5.22. The topological polar surface area (TPSA) is 9.23 Å². The first-order valence-electron chi connectivity index (χ1n) is 4.63. The van der Waals surface area contributed by atoms with Crippen molar-refractivity contribution in [2.75, 3.05) is 12.4 Å². The summed E-state index contributed by atoms with van der Waals surface area (Å²) in [6.07, 6.45) is 7.78. The highest BCUT2D eigenvalue weighted by molar-refractivity contribution is 8.00. The Kier molecular flexibility index (Phi) is 3.99. The van der Waals surface area contributed by atoms with E-state index in [2.05, 4.69) is 18.7 Å². The van der Waals surface area contributed by atoms with Crippen LogP contribution in [-0.2, 0) is 4.74 Å². The Hall–Kier alpha value is -0.110. The minimum atomic E-state index is 0.373. The lowest BCUT2D eigenvalue weighted by molar-refractivity contribution is 0.210. The van der Waals surface area contributed by atoms with Gasteiger partial charge in [0.1, 0.15) is 6.61 Å². The van der Waals surface area contributed by atoms with Crippen molar-refractivity contribution in [1.82, 2.24) is 0 Å². The molecule has 1 atom stereocenters. The molecule has 0 aromatic rings. The van der Waals surface area contributed by atoms with Gasteiger partial charge in [-0.25, -0.2) is 0 Å². The summed E-state index contributed by atoms with van der Waals surface area (Å²) in [7, 11) is 0. The van der Waals surface area contributed by atoms with Gasteiger partial charge in [0.05, 0.1) is 6.26 Å². The number of hydrogen-bond donors (Lipinski definition) is 0. The molecule has 2 heteroatoms. The van der Waals surface area contributed by atoms with Gasteiger partial charge in [0, 0.05) is 4.75 Å². The molecule has 1 nitrogen and oxygen atoms in total. The smallest absolute Gasteiger partial charge is 0.102 e. The van der Waals surface area contributed by atoms with Crippen LogP contribution in [0.5, 0.6) is 0 Å². The van der Waals surface area contributed by atoms with E-state index < -0.39 is 0 Å². The summed E-state index contributed by atoms with van der Waals surface area (Å²) in [6.45, 7) is 5.15. The normalized spacial score (nSPS) is 30.8. The highest BCUT2D eigenvalue weighted by Crippen LogP contribution is 2.36. The number of allylic oxidation sites excluding steroid dienone is 1. The number of thioether (sulfide) groups is 1. The zero-order valence-electron chi connectivity index (χ0n) is 8.01. The summed E-state index contributed by atoms with van der Waals surface area (Å²) >= 11 is 2.06. The van der Waals surface area contributed by atoms with E-state index in [4.69, 9.17) is 4.74 Å². The molecule has 70 valence electrons. The zero-order chi connectivity index (χ0) is 8.86. The quantitative estimate of drug-likeness (QED) is 0.626. The maximum Gasteiger partial charge on any atom is 0.102 e. The average molecular weight is 186 g/mol. The molecule has 0 radical (unpaired) electrons. The van der Waals surface area contributed by atoms with Crippen LogP contribution in [-0.4, -0.2) is 17.1 Å². The number of hydrogen-bond acceptors (Lipinski definition) is 2. The molecule has 1 fully saturated rings. The van der Waals surface area contributed by atoms with Gasteiger partial charge >= 0.3 is 0 Å². The van der Waals surface area contributed by atoms with E-state index in [0.29, 0.717) is 4.75 Å². The molecule has 1 aliphatic rings. The van der Waals surface area contributed by atoms with Crippen molar-refractivity contribution in [2.45, 2.75) is 37.9 Å². The van der Waals surface area contributed by atoms with Gasteiger partial charge in [-0.3, -0.25) is 0 Å². The Morgan fingerprint density at radius 1 is 1.50 bits per heavy atom. The van der Waals surface area contributed by atoms with Crippen LogP contribution in [0.25, 0.3) is 0 Å². The summed E-state index contributed by atoms with van der Waals surface area (Å²) in [6, 6.07) is 0. The number of rotatable bonds is 3. The molecule has 0 spiro atoms. The van der Waals surface area contributed by atoms with Gasteiger partial charge in [-0.2, -0.15) is 11.8 Å². The minimum Gasteiger partial charge on any atom is -0.500 e. The molecule has 0 amide bonds. The summed E-state index contributed by atoms with van der Waals surface area (Å²) in [5.41, 5.74) is 0. The number of ether oxygens (including phenoxy) is 1. The van der Waals surface area contributed by atoms with Crippen LogP contribution in [0, 0.1) is 0 Å². The highest BCUT2D eigenvalue weighted by atomic mass is 32.2. The average Bonchev–Trinajstić information content (AvgIpc) is 2.06. The summed E-state index contributed by atoms with van der Waals surface area (Å²) in [5.74, 6) is 1.30. The first-order chi connectivity index (χ1) is 5.77. The standard InChI is InChI=1S/C10H18OS/c1-3-7-11-9-10(2)6-4-5-8-12-10/h3,7H,4-6,8-9H2,1-2H3/b7-3+. The van der Waals surface area contributed by atoms with Crippen LogP contribution in [0.3, 0.4) is 0 Å². The lowest BCUT2D eigenvalue weighted by Crippen LogP contribution is -2.29. The maximum absolute atomic E-state index is 5.42. The molecule has 1 unspecified atom stereocenters.